The lowest BCUT2D eigenvalue weighted by molar-refractivity contribution is -0.134. The maximum absolute atomic E-state index is 11.1. The van der Waals surface area contributed by atoms with Crippen LogP contribution in [0.1, 0.15) is 40.5 Å². The average Bonchev–Trinajstić information content (AvgIpc) is 2.23. The molecule has 0 fully saturated rings. The van der Waals surface area contributed by atoms with Gasteiger partial charge in [-0.3, -0.25) is 9.32 Å². The Balaban J connectivity index is 0. The molecule has 0 aromatic heterocycles. The maximum atomic E-state index is 11.1. The molecule has 0 amide bonds. The van der Waals surface area contributed by atoms with Crippen molar-refractivity contribution in [2.45, 2.75) is 40.5 Å². The quantitative estimate of drug-likeness (QED) is 0.371. The normalized spacial score (nSPS) is 14.3. The van der Waals surface area contributed by atoms with Gasteiger partial charge in [0.15, 0.2) is 0 Å². The molecule has 0 heterocycles. The van der Waals surface area contributed by atoms with Crippen LogP contribution in [0.25, 0.3) is 0 Å². The highest BCUT2D eigenvalue weighted by Crippen LogP contribution is 2.57. The van der Waals surface area contributed by atoms with Crippen LogP contribution in [-0.4, -0.2) is 32.4 Å². The van der Waals surface area contributed by atoms with Gasteiger partial charge >= 0.3 is 15.6 Å². The predicted molar refractivity (Wildman–Crippen MR) is 84.6 cm³/mol. The molecule has 0 radical (unpaired) electrons. The number of allylic oxidation sites excluding steroid dienone is 3. The molecule has 0 aromatic carbocycles. The fraction of sp³-hybridized carbons (Fsp3) is 0.583. The van der Waals surface area contributed by atoms with Crippen LogP contribution in [0, 0.1) is 0 Å². The van der Waals surface area contributed by atoms with E-state index < -0.39 is 21.6 Å². The van der Waals surface area contributed by atoms with Crippen molar-refractivity contribution in [3.8, 4) is 0 Å². The van der Waals surface area contributed by atoms with E-state index in [1.165, 1.54) is 5.57 Å². The standard InChI is InChI=1S/C10H20O7P2.C2H4O2/c1-9(2)5-4-6-10(3)7-8-16-19(14,15)17-18(11,12)13;1-2(3)4/h5,7H,4,6,8H2,1-3H3,(H,14,15)(H2,11,12,13);1H3,(H,3,4)/b10-7+;. The van der Waals surface area contributed by atoms with E-state index in [-0.39, 0.29) is 6.61 Å². The first kappa shape index (κ1) is 24.5. The number of hydrogen-bond acceptors (Lipinski definition) is 5. The number of carbonyl (C=O) groups is 1. The second-order valence-corrected chi connectivity index (χ2v) is 7.56. The zero-order chi connectivity index (χ0) is 18.7. The molecule has 0 saturated carbocycles. The summed E-state index contributed by atoms with van der Waals surface area (Å²) in [7, 11) is -9.78. The van der Waals surface area contributed by atoms with Gasteiger partial charge in [-0.25, -0.2) is 9.13 Å². The molecule has 11 heteroatoms. The third kappa shape index (κ3) is 23.6. The summed E-state index contributed by atoms with van der Waals surface area (Å²) < 4.78 is 29.5. The van der Waals surface area contributed by atoms with Gasteiger partial charge < -0.3 is 19.8 Å². The number of hydrogen-bond donors (Lipinski definition) is 4. The second kappa shape index (κ2) is 11.7. The number of rotatable bonds is 8. The Kier molecular flexibility index (Phi) is 12.4. The van der Waals surface area contributed by atoms with Crippen molar-refractivity contribution in [2.75, 3.05) is 6.61 Å². The molecule has 0 aliphatic heterocycles. The summed E-state index contributed by atoms with van der Waals surface area (Å²) in [6.45, 7) is 6.63. The van der Waals surface area contributed by atoms with Gasteiger partial charge in [0.2, 0.25) is 0 Å². The number of carboxylic acids is 1. The highest BCUT2D eigenvalue weighted by atomic mass is 31.3. The Bertz CT molecular complexity index is 511. The zero-order valence-electron chi connectivity index (χ0n) is 13.5. The van der Waals surface area contributed by atoms with E-state index >= 15 is 0 Å². The minimum absolute atomic E-state index is 0.256. The van der Waals surface area contributed by atoms with Crippen molar-refractivity contribution in [2.24, 2.45) is 0 Å². The lowest BCUT2D eigenvalue weighted by Gasteiger charge is -2.11. The van der Waals surface area contributed by atoms with Crippen LogP contribution in [0.2, 0.25) is 0 Å². The summed E-state index contributed by atoms with van der Waals surface area (Å²) in [6, 6.07) is 0. The SMILES string of the molecule is CC(=O)O.CC(C)=CCC/C(C)=C/COP(=O)(O)OP(=O)(O)O. The van der Waals surface area contributed by atoms with E-state index in [0.717, 1.165) is 25.3 Å². The van der Waals surface area contributed by atoms with Gasteiger partial charge in [0.1, 0.15) is 0 Å². The molecule has 136 valence electrons. The molecule has 4 N–H and O–H groups in total. The number of phosphoric acid groups is 2. The molecule has 23 heavy (non-hydrogen) atoms. The predicted octanol–water partition coefficient (Wildman–Crippen LogP) is 3.00. The molecular formula is C12H24O9P2. The Hall–Kier alpha value is -0.790. The average molecular weight is 374 g/mol. The van der Waals surface area contributed by atoms with Gasteiger partial charge in [0, 0.05) is 6.92 Å². The third-order valence-corrected chi connectivity index (χ3v) is 4.12. The zero-order valence-corrected chi connectivity index (χ0v) is 15.3. The lowest BCUT2D eigenvalue weighted by Crippen LogP contribution is -1.94. The van der Waals surface area contributed by atoms with Crippen molar-refractivity contribution in [3.05, 3.63) is 23.3 Å². The molecule has 0 aliphatic carbocycles. The monoisotopic (exact) mass is 374 g/mol. The third-order valence-electron chi connectivity index (χ3n) is 1.97. The van der Waals surface area contributed by atoms with E-state index in [2.05, 4.69) is 14.9 Å². The van der Waals surface area contributed by atoms with Crippen molar-refractivity contribution >= 4 is 21.6 Å². The Morgan fingerprint density at radius 3 is 1.91 bits per heavy atom. The molecular weight excluding hydrogens is 350 g/mol. The van der Waals surface area contributed by atoms with Crippen LogP contribution in [0.5, 0.6) is 0 Å². The minimum Gasteiger partial charge on any atom is -0.481 e. The van der Waals surface area contributed by atoms with Gasteiger partial charge in [0.05, 0.1) is 6.61 Å². The Morgan fingerprint density at radius 1 is 1.04 bits per heavy atom. The molecule has 0 aromatic rings. The van der Waals surface area contributed by atoms with E-state index in [4.69, 9.17) is 24.6 Å². The Labute approximate surface area is 135 Å². The lowest BCUT2D eigenvalue weighted by atomic mass is 10.1. The molecule has 1 unspecified atom stereocenters. The van der Waals surface area contributed by atoms with E-state index in [0.29, 0.717) is 0 Å². The smallest absolute Gasteiger partial charge is 0.481 e. The largest absolute Gasteiger partial charge is 0.481 e. The maximum Gasteiger partial charge on any atom is 0.481 e. The highest BCUT2D eigenvalue weighted by molar-refractivity contribution is 7.60. The molecule has 0 aliphatic rings. The van der Waals surface area contributed by atoms with Gasteiger partial charge in [-0.05, 0) is 33.6 Å². The van der Waals surface area contributed by atoms with E-state index in [1.807, 2.05) is 20.8 Å². The van der Waals surface area contributed by atoms with E-state index in [9.17, 15) is 9.13 Å². The van der Waals surface area contributed by atoms with E-state index in [1.54, 1.807) is 6.08 Å². The highest BCUT2D eigenvalue weighted by Gasteiger charge is 2.31. The van der Waals surface area contributed by atoms with Crippen LogP contribution in [0.3, 0.4) is 0 Å². The summed E-state index contributed by atoms with van der Waals surface area (Å²) in [5.41, 5.74) is 2.15. The minimum atomic E-state index is -5.05. The summed E-state index contributed by atoms with van der Waals surface area (Å²) in [5.74, 6) is -0.833. The first-order valence-corrected chi connectivity index (χ1v) is 9.50. The van der Waals surface area contributed by atoms with Crippen LogP contribution < -0.4 is 0 Å². The van der Waals surface area contributed by atoms with Gasteiger partial charge in [-0.2, -0.15) is 4.31 Å². The first-order chi connectivity index (χ1) is 10.2. The molecule has 0 spiro atoms. The van der Waals surface area contributed by atoms with Crippen LogP contribution in [-0.2, 0) is 22.8 Å². The number of carboxylic acid groups (broad SMARTS) is 1. The number of aliphatic carboxylic acids is 1. The Morgan fingerprint density at radius 2 is 1.52 bits per heavy atom. The van der Waals surface area contributed by atoms with Crippen molar-refractivity contribution in [3.63, 3.8) is 0 Å². The van der Waals surface area contributed by atoms with Crippen LogP contribution in [0.4, 0.5) is 0 Å². The summed E-state index contributed by atoms with van der Waals surface area (Å²) in [6.07, 6.45) is 5.24. The molecule has 0 saturated heterocycles. The first-order valence-electron chi connectivity index (χ1n) is 6.48. The second-order valence-electron chi connectivity index (χ2n) is 4.73. The molecule has 1 atom stereocenters. The number of phosphoric ester groups is 1. The molecule has 0 bridgehead atoms. The summed E-state index contributed by atoms with van der Waals surface area (Å²) >= 11 is 0. The van der Waals surface area contributed by atoms with Crippen molar-refractivity contribution in [1.29, 1.82) is 0 Å². The van der Waals surface area contributed by atoms with Crippen molar-refractivity contribution < 1.29 is 42.5 Å². The van der Waals surface area contributed by atoms with Gasteiger partial charge in [-0.1, -0.05) is 23.3 Å². The van der Waals surface area contributed by atoms with Gasteiger partial charge in [-0.15, -0.1) is 0 Å². The van der Waals surface area contributed by atoms with Crippen LogP contribution in [0.15, 0.2) is 23.3 Å². The van der Waals surface area contributed by atoms with Crippen LogP contribution >= 0.6 is 15.6 Å². The molecule has 9 nitrogen and oxygen atoms in total. The van der Waals surface area contributed by atoms with Crippen molar-refractivity contribution in [1.82, 2.24) is 0 Å². The summed E-state index contributed by atoms with van der Waals surface area (Å²) in [4.78, 5) is 34.8. The molecule has 0 rings (SSSR count). The summed E-state index contributed by atoms with van der Waals surface area (Å²) in [5, 5.41) is 7.42. The fourth-order valence-electron chi connectivity index (χ4n) is 1.12. The topological polar surface area (TPSA) is 151 Å². The van der Waals surface area contributed by atoms with Gasteiger partial charge in [0.25, 0.3) is 5.97 Å². The fourth-order valence-corrected chi connectivity index (χ4v) is 2.65.